The zero-order chi connectivity index (χ0) is 11.1. The Bertz CT molecular complexity index is 241. The monoisotopic (exact) mass is 209 g/mol. The van der Waals surface area contributed by atoms with Gasteiger partial charge in [0.15, 0.2) is 0 Å². The lowest BCUT2D eigenvalue weighted by atomic mass is 9.82. The summed E-state index contributed by atoms with van der Waals surface area (Å²) in [6, 6.07) is 2.15. The summed E-state index contributed by atoms with van der Waals surface area (Å²) in [5.41, 5.74) is 5.21. The second-order valence-electron chi connectivity index (χ2n) is 4.21. The lowest BCUT2D eigenvalue weighted by Gasteiger charge is -2.29. The Morgan fingerprint density at radius 3 is 2.67 bits per heavy atom. The first-order valence-electron chi connectivity index (χ1n) is 5.62. The van der Waals surface area contributed by atoms with Gasteiger partial charge in [-0.2, -0.15) is 5.26 Å². The molecule has 0 spiro atoms. The van der Waals surface area contributed by atoms with Crippen molar-refractivity contribution < 1.29 is 4.79 Å². The molecule has 0 aromatic heterocycles. The van der Waals surface area contributed by atoms with Crippen LogP contribution in [0.5, 0.6) is 0 Å². The summed E-state index contributed by atoms with van der Waals surface area (Å²) in [5, 5.41) is 11.6. The molecule has 1 amide bonds. The van der Waals surface area contributed by atoms with Gasteiger partial charge in [0.1, 0.15) is 0 Å². The fraction of sp³-hybridized carbons (Fsp3) is 0.818. The zero-order valence-corrected chi connectivity index (χ0v) is 9.04. The Labute approximate surface area is 90.8 Å². The third-order valence-electron chi connectivity index (χ3n) is 3.08. The molecular weight excluding hydrogens is 190 g/mol. The van der Waals surface area contributed by atoms with E-state index in [1.807, 2.05) is 6.07 Å². The van der Waals surface area contributed by atoms with Gasteiger partial charge in [0, 0.05) is 12.5 Å². The van der Waals surface area contributed by atoms with Crippen LogP contribution in [-0.4, -0.2) is 18.5 Å². The predicted octanol–water partition coefficient (Wildman–Crippen LogP) is 0.924. The van der Waals surface area contributed by atoms with E-state index in [9.17, 15) is 4.79 Å². The van der Waals surface area contributed by atoms with Crippen molar-refractivity contribution in [3.8, 4) is 6.07 Å². The number of hydrogen-bond donors (Lipinski definition) is 2. The van der Waals surface area contributed by atoms with Crippen molar-refractivity contribution in [1.29, 1.82) is 5.26 Å². The maximum absolute atomic E-state index is 10.9. The number of rotatable bonds is 5. The Morgan fingerprint density at radius 2 is 2.13 bits per heavy atom. The number of amides is 1. The number of nitriles is 1. The second kappa shape index (κ2) is 6.41. The Kier molecular flexibility index (Phi) is 5.13. The highest BCUT2D eigenvalue weighted by molar-refractivity contribution is 5.74. The minimum absolute atomic E-state index is 0.0995. The molecule has 0 aliphatic heterocycles. The minimum Gasteiger partial charge on any atom is -0.370 e. The van der Waals surface area contributed by atoms with E-state index in [1.165, 1.54) is 19.3 Å². The first-order valence-corrected chi connectivity index (χ1v) is 5.62. The maximum atomic E-state index is 10.9. The number of carbonyl (C=O) groups is 1. The summed E-state index contributed by atoms with van der Waals surface area (Å²) in [7, 11) is 0. The van der Waals surface area contributed by atoms with Crippen LogP contribution in [0.25, 0.3) is 0 Å². The van der Waals surface area contributed by atoms with Crippen molar-refractivity contribution in [2.75, 3.05) is 6.54 Å². The topological polar surface area (TPSA) is 78.9 Å². The quantitative estimate of drug-likeness (QED) is 0.661. The summed E-state index contributed by atoms with van der Waals surface area (Å²) in [4.78, 5) is 10.9. The van der Waals surface area contributed by atoms with Gasteiger partial charge in [0.05, 0.1) is 12.6 Å². The van der Waals surface area contributed by atoms with Crippen LogP contribution in [0, 0.1) is 17.2 Å². The highest BCUT2D eigenvalue weighted by Gasteiger charge is 2.24. The normalized spacial score (nSPS) is 19.4. The summed E-state index contributed by atoms with van der Waals surface area (Å²) in [6.45, 7) is 0.300. The van der Waals surface area contributed by atoms with Gasteiger partial charge < -0.3 is 11.1 Å². The highest BCUT2D eigenvalue weighted by atomic mass is 16.1. The average Bonchev–Trinajstić information content (AvgIpc) is 2.25. The molecule has 1 atom stereocenters. The Hall–Kier alpha value is -1.08. The minimum atomic E-state index is -0.281. The lowest BCUT2D eigenvalue weighted by Crippen LogP contribution is -2.40. The SMILES string of the molecule is N#CCN[C@H](CC(N)=O)C1CCCCC1. The lowest BCUT2D eigenvalue weighted by molar-refractivity contribution is -0.118. The molecule has 15 heavy (non-hydrogen) atoms. The van der Waals surface area contributed by atoms with Gasteiger partial charge in [-0.3, -0.25) is 4.79 Å². The third-order valence-corrected chi connectivity index (χ3v) is 3.08. The summed E-state index contributed by atoms with van der Waals surface area (Å²) >= 11 is 0. The summed E-state index contributed by atoms with van der Waals surface area (Å²) in [6.07, 6.45) is 6.40. The third kappa shape index (κ3) is 4.30. The number of nitrogens with two attached hydrogens (primary N) is 1. The smallest absolute Gasteiger partial charge is 0.218 e. The molecule has 0 bridgehead atoms. The average molecular weight is 209 g/mol. The number of carbonyl (C=O) groups excluding carboxylic acids is 1. The van der Waals surface area contributed by atoms with Crippen LogP contribution in [0.15, 0.2) is 0 Å². The largest absolute Gasteiger partial charge is 0.370 e. The molecule has 84 valence electrons. The van der Waals surface area contributed by atoms with Gasteiger partial charge >= 0.3 is 0 Å². The van der Waals surface area contributed by atoms with Gasteiger partial charge in [-0.05, 0) is 18.8 Å². The van der Waals surface area contributed by atoms with Gasteiger partial charge in [-0.15, -0.1) is 0 Å². The van der Waals surface area contributed by atoms with Crippen molar-refractivity contribution in [2.45, 2.75) is 44.6 Å². The van der Waals surface area contributed by atoms with E-state index in [1.54, 1.807) is 0 Å². The van der Waals surface area contributed by atoms with E-state index in [0.29, 0.717) is 18.9 Å². The number of nitrogens with one attached hydrogen (secondary N) is 1. The van der Waals surface area contributed by atoms with Crippen molar-refractivity contribution in [2.24, 2.45) is 11.7 Å². The van der Waals surface area contributed by atoms with Crippen LogP contribution >= 0.6 is 0 Å². The molecule has 1 rings (SSSR count). The molecule has 4 nitrogen and oxygen atoms in total. The molecule has 0 aromatic rings. The van der Waals surface area contributed by atoms with E-state index >= 15 is 0 Å². The van der Waals surface area contributed by atoms with E-state index in [4.69, 9.17) is 11.0 Å². The van der Waals surface area contributed by atoms with Crippen molar-refractivity contribution in [3.63, 3.8) is 0 Å². The van der Waals surface area contributed by atoms with Gasteiger partial charge in [-0.1, -0.05) is 19.3 Å². The van der Waals surface area contributed by atoms with E-state index < -0.39 is 0 Å². The predicted molar refractivity (Wildman–Crippen MR) is 57.8 cm³/mol. The van der Waals surface area contributed by atoms with Crippen LogP contribution in [0.4, 0.5) is 0 Å². The van der Waals surface area contributed by atoms with Crippen LogP contribution in [0.3, 0.4) is 0 Å². The highest BCUT2D eigenvalue weighted by Crippen LogP contribution is 2.27. The summed E-state index contributed by atoms with van der Waals surface area (Å²) < 4.78 is 0. The van der Waals surface area contributed by atoms with Crippen molar-refractivity contribution in [3.05, 3.63) is 0 Å². The molecule has 0 aromatic carbocycles. The number of hydrogen-bond acceptors (Lipinski definition) is 3. The zero-order valence-electron chi connectivity index (χ0n) is 9.04. The van der Waals surface area contributed by atoms with Gasteiger partial charge in [0.2, 0.25) is 5.91 Å². The first kappa shape index (κ1) is 12.0. The summed E-state index contributed by atoms with van der Waals surface area (Å²) in [5.74, 6) is 0.232. The molecular formula is C11H19N3O. The molecule has 0 unspecified atom stereocenters. The van der Waals surface area contributed by atoms with Gasteiger partial charge in [0.25, 0.3) is 0 Å². The fourth-order valence-corrected chi connectivity index (χ4v) is 2.34. The molecule has 4 heteroatoms. The Balaban J connectivity index is 2.45. The molecule has 0 heterocycles. The molecule has 1 saturated carbocycles. The van der Waals surface area contributed by atoms with Gasteiger partial charge in [-0.25, -0.2) is 0 Å². The fourth-order valence-electron chi connectivity index (χ4n) is 2.34. The number of primary amides is 1. The van der Waals surface area contributed by atoms with Crippen LogP contribution in [0.1, 0.15) is 38.5 Å². The molecule has 1 aliphatic carbocycles. The van der Waals surface area contributed by atoms with Crippen LogP contribution in [0.2, 0.25) is 0 Å². The second-order valence-corrected chi connectivity index (χ2v) is 4.21. The van der Waals surface area contributed by atoms with Crippen molar-refractivity contribution in [1.82, 2.24) is 5.32 Å². The van der Waals surface area contributed by atoms with E-state index in [0.717, 1.165) is 12.8 Å². The molecule has 3 N–H and O–H groups in total. The molecule has 1 fully saturated rings. The van der Waals surface area contributed by atoms with Crippen molar-refractivity contribution >= 4 is 5.91 Å². The molecule has 1 aliphatic rings. The first-order chi connectivity index (χ1) is 7.24. The van der Waals surface area contributed by atoms with Crippen LogP contribution < -0.4 is 11.1 Å². The van der Waals surface area contributed by atoms with Crippen LogP contribution in [-0.2, 0) is 4.79 Å². The number of nitrogens with zero attached hydrogens (tertiary/aromatic N) is 1. The van der Waals surface area contributed by atoms with E-state index in [2.05, 4.69) is 5.32 Å². The Morgan fingerprint density at radius 1 is 1.47 bits per heavy atom. The van der Waals surface area contributed by atoms with E-state index in [-0.39, 0.29) is 11.9 Å². The standard InChI is InChI=1S/C11H19N3O/c12-6-7-14-10(8-11(13)15)9-4-2-1-3-5-9/h9-10,14H,1-5,7-8H2,(H2,13,15)/t10-/m1/s1. The molecule has 0 saturated heterocycles. The molecule has 0 radical (unpaired) electrons. The maximum Gasteiger partial charge on any atom is 0.218 e.